The van der Waals surface area contributed by atoms with Crippen molar-refractivity contribution in [3.63, 3.8) is 0 Å². The molecule has 0 bridgehead atoms. The summed E-state index contributed by atoms with van der Waals surface area (Å²) in [5, 5.41) is 5.59. The molecule has 0 saturated heterocycles. The third-order valence-electron chi connectivity index (χ3n) is 4.00. The van der Waals surface area contributed by atoms with Crippen LogP contribution in [0.2, 0.25) is 5.02 Å². The lowest BCUT2D eigenvalue weighted by molar-refractivity contribution is -0.151. The van der Waals surface area contributed by atoms with E-state index in [9.17, 15) is 14.4 Å². The van der Waals surface area contributed by atoms with E-state index in [0.717, 1.165) is 5.56 Å². The summed E-state index contributed by atoms with van der Waals surface area (Å²) in [6.45, 7) is 3.47. The predicted molar refractivity (Wildman–Crippen MR) is 107 cm³/mol. The van der Waals surface area contributed by atoms with Crippen LogP contribution in [-0.2, 0) is 20.9 Å². The Morgan fingerprint density at radius 2 is 1.64 bits per heavy atom. The average Bonchev–Trinajstić information content (AvgIpc) is 2.69. The second kappa shape index (κ2) is 10.5. The minimum atomic E-state index is -0.898. The van der Waals surface area contributed by atoms with Crippen molar-refractivity contribution in [2.75, 3.05) is 6.61 Å². The molecule has 0 aliphatic heterocycles. The first-order valence-electron chi connectivity index (χ1n) is 8.91. The van der Waals surface area contributed by atoms with Crippen molar-refractivity contribution in [1.82, 2.24) is 10.6 Å². The minimum Gasteiger partial charge on any atom is -0.454 e. The first kappa shape index (κ1) is 21.4. The van der Waals surface area contributed by atoms with E-state index in [1.165, 1.54) is 0 Å². The van der Waals surface area contributed by atoms with E-state index < -0.39 is 30.4 Å². The fraction of sp³-hybridized carbons (Fsp3) is 0.286. The van der Waals surface area contributed by atoms with Crippen LogP contribution in [0, 0.1) is 5.92 Å². The Bertz CT molecular complexity index is 824. The van der Waals surface area contributed by atoms with E-state index in [-0.39, 0.29) is 16.5 Å². The van der Waals surface area contributed by atoms with Crippen LogP contribution in [0.1, 0.15) is 29.8 Å². The van der Waals surface area contributed by atoms with Crippen molar-refractivity contribution in [2.24, 2.45) is 5.92 Å². The summed E-state index contributed by atoms with van der Waals surface area (Å²) in [7, 11) is 0. The standard InChI is InChI=1S/C21H23ClN2O4/c1-14(2)19(24-20(26)16-10-6-7-11-17(16)22)21(27)28-13-18(25)23-12-15-8-4-3-5-9-15/h3-11,14,19H,12-13H2,1-2H3,(H,23,25)(H,24,26). The molecule has 2 amide bonds. The number of nitrogens with one attached hydrogen (secondary N) is 2. The highest BCUT2D eigenvalue weighted by Crippen LogP contribution is 2.15. The molecule has 148 valence electrons. The number of esters is 1. The predicted octanol–water partition coefficient (Wildman–Crippen LogP) is 2.95. The number of ether oxygens (including phenoxy) is 1. The number of hydrogen-bond donors (Lipinski definition) is 2. The largest absolute Gasteiger partial charge is 0.454 e. The Morgan fingerprint density at radius 3 is 2.29 bits per heavy atom. The normalized spacial score (nSPS) is 11.6. The van der Waals surface area contributed by atoms with E-state index in [1.807, 2.05) is 30.3 Å². The number of rotatable bonds is 8. The van der Waals surface area contributed by atoms with Gasteiger partial charge in [-0.05, 0) is 23.6 Å². The second-order valence-electron chi connectivity index (χ2n) is 6.55. The lowest BCUT2D eigenvalue weighted by Crippen LogP contribution is -2.46. The quantitative estimate of drug-likeness (QED) is 0.665. The van der Waals surface area contributed by atoms with Gasteiger partial charge >= 0.3 is 5.97 Å². The van der Waals surface area contributed by atoms with Crippen LogP contribution < -0.4 is 10.6 Å². The summed E-state index contributed by atoms with van der Waals surface area (Å²) in [6, 6.07) is 15.0. The van der Waals surface area contributed by atoms with Crippen molar-refractivity contribution in [3.8, 4) is 0 Å². The van der Waals surface area contributed by atoms with Crippen molar-refractivity contribution in [2.45, 2.75) is 26.4 Å². The molecule has 2 aromatic carbocycles. The van der Waals surface area contributed by atoms with E-state index in [2.05, 4.69) is 10.6 Å². The summed E-state index contributed by atoms with van der Waals surface area (Å²) >= 11 is 6.02. The molecule has 0 heterocycles. The highest BCUT2D eigenvalue weighted by atomic mass is 35.5. The van der Waals surface area contributed by atoms with Gasteiger partial charge in [-0.2, -0.15) is 0 Å². The average molecular weight is 403 g/mol. The van der Waals surface area contributed by atoms with Crippen molar-refractivity contribution in [3.05, 3.63) is 70.7 Å². The third kappa shape index (κ3) is 6.39. The molecular formula is C21H23ClN2O4. The molecule has 0 aliphatic carbocycles. The fourth-order valence-corrected chi connectivity index (χ4v) is 2.66. The summed E-state index contributed by atoms with van der Waals surface area (Å²) in [5.74, 6) is -1.80. The van der Waals surface area contributed by atoms with Crippen LogP contribution >= 0.6 is 11.6 Å². The highest BCUT2D eigenvalue weighted by Gasteiger charge is 2.27. The van der Waals surface area contributed by atoms with E-state index >= 15 is 0 Å². The SMILES string of the molecule is CC(C)C(NC(=O)c1ccccc1Cl)C(=O)OCC(=O)NCc1ccccc1. The first-order valence-corrected chi connectivity index (χ1v) is 9.29. The Balaban J connectivity index is 1.87. The molecule has 28 heavy (non-hydrogen) atoms. The van der Waals surface area contributed by atoms with Crippen molar-refractivity contribution < 1.29 is 19.1 Å². The molecule has 2 rings (SSSR count). The summed E-state index contributed by atoms with van der Waals surface area (Å²) < 4.78 is 5.08. The van der Waals surface area contributed by atoms with Gasteiger partial charge in [0.2, 0.25) is 0 Å². The van der Waals surface area contributed by atoms with Gasteiger partial charge in [0, 0.05) is 6.54 Å². The smallest absolute Gasteiger partial charge is 0.329 e. The van der Waals surface area contributed by atoms with Gasteiger partial charge in [0.1, 0.15) is 6.04 Å². The van der Waals surface area contributed by atoms with Gasteiger partial charge in [-0.25, -0.2) is 4.79 Å². The maximum Gasteiger partial charge on any atom is 0.329 e. The van der Waals surface area contributed by atoms with Gasteiger partial charge in [-0.3, -0.25) is 9.59 Å². The maximum atomic E-state index is 12.4. The molecule has 0 fully saturated rings. The summed E-state index contributed by atoms with van der Waals surface area (Å²) in [5.41, 5.74) is 1.21. The Hall–Kier alpha value is -2.86. The van der Waals surface area contributed by atoms with Crippen LogP contribution in [0.15, 0.2) is 54.6 Å². The van der Waals surface area contributed by atoms with Gasteiger partial charge < -0.3 is 15.4 Å². The summed E-state index contributed by atoms with van der Waals surface area (Å²) in [6.07, 6.45) is 0. The monoisotopic (exact) mass is 402 g/mol. The van der Waals surface area contributed by atoms with Crippen molar-refractivity contribution in [1.29, 1.82) is 0 Å². The number of benzene rings is 2. The van der Waals surface area contributed by atoms with E-state index in [1.54, 1.807) is 38.1 Å². The molecule has 0 saturated carbocycles. The molecule has 2 aromatic rings. The van der Waals surface area contributed by atoms with Gasteiger partial charge in [0.05, 0.1) is 10.6 Å². The third-order valence-corrected chi connectivity index (χ3v) is 4.33. The van der Waals surface area contributed by atoms with Crippen LogP contribution in [0.25, 0.3) is 0 Å². The molecule has 1 unspecified atom stereocenters. The van der Waals surface area contributed by atoms with Crippen molar-refractivity contribution >= 4 is 29.4 Å². The van der Waals surface area contributed by atoms with Crippen LogP contribution in [-0.4, -0.2) is 30.4 Å². The lowest BCUT2D eigenvalue weighted by Gasteiger charge is -2.21. The Labute approximate surface area is 169 Å². The summed E-state index contributed by atoms with van der Waals surface area (Å²) in [4.78, 5) is 36.7. The zero-order chi connectivity index (χ0) is 20.5. The molecule has 1 atom stereocenters. The zero-order valence-corrected chi connectivity index (χ0v) is 16.5. The van der Waals surface area contributed by atoms with Gasteiger partial charge in [0.15, 0.2) is 6.61 Å². The number of amides is 2. The lowest BCUT2D eigenvalue weighted by atomic mass is 10.0. The second-order valence-corrected chi connectivity index (χ2v) is 6.95. The van der Waals surface area contributed by atoms with Gasteiger partial charge in [0.25, 0.3) is 11.8 Å². The molecule has 2 N–H and O–H groups in total. The maximum absolute atomic E-state index is 12.4. The molecule has 0 aliphatic rings. The first-order chi connectivity index (χ1) is 13.4. The molecule has 0 aromatic heterocycles. The Kier molecular flexibility index (Phi) is 8.02. The van der Waals surface area contributed by atoms with Gasteiger partial charge in [-0.1, -0.05) is 67.9 Å². The van der Waals surface area contributed by atoms with E-state index in [4.69, 9.17) is 16.3 Å². The van der Waals surface area contributed by atoms with Gasteiger partial charge in [-0.15, -0.1) is 0 Å². The van der Waals surface area contributed by atoms with E-state index in [0.29, 0.717) is 6.54 Å². The van der Waals surface area contributed by atoms with Crippen LogP contribution in [0.4, 0.5) is 0 Å². The molecule has 0 radical (unpaired) electrons. The molecule has 6 nitrogen and oxygen atoms in total. The van der Waals surface area contributed by atoms with Crippen LogP contribution in [0.3, 0.4) is 0 Å². The zero-order valence-electron chi connectivity index (χ0n) is 15.8. The topological polar surface area (TPSA) is 84.5 Å². The number of carbonyl (C=O) groups excluding carboxylic acids is 3. The van der Waals surface area contributed by atoms with Crippen LogP contribution in [0.5, 0.6) is 0 Å². The number of hydrogen-bond acceptors (Lipinski definition) is 4. The Morgan fingerprint density at radius 1 is 1.00 bits per heavy atom. The minimum absolute atomic E-state index is 0.230. The highest BCUT2D eigenvalue weighted by molar-refractivity contribution is 6.33. The fourth-order valence-electron chi connectivity index (χ4n) is 2.44. The molecule has 7 heteroatoms. The number of carbonyl (C=O) groups is 3. The number of halogens is 1. The molecule has 0 spiro atoms. The molecular weight excluding hydrogens is 380 g/mol.